The highest BCUT2D eigenvalue weighted by Crippen LogP contribution is 2.38. The van der Waals surface area contributed by atoms with Crippen LogP contribution in [0.25, 0.3) is 0 Å². The first kappa shape index (κ1) is 22.8. The first-order chi connectivity index (χ1) is 15.0. The molecule has 0 radical (unpaired) electrons. The third-order valence-corrected chi connectivity index (χ3v) is 6.22. The molecular weight excluding hydrogens is 390 g/mol. The van der Waals surface area contributed by atoms with E-state index in [1.807, 2.05) is 48.5 Å². The fourth-order valence-corrected chi connectivity index (χ4v) is 4.44. The Morgan fingerprint density at radius 2 is 1.61 bits per heavy atom. The minimum Gasteiger partial charge on any atom is -0.391 e. The zero-order valence-corrected chi connectivity index (χ0v) is 18.1. The highest BCUT2D eigenvalue weighted by Gasteiger charge is 2.38. The Morgan fingerprint density at radius 3 is 2.29 bits per heavy atom. The number of hydrogen-bond donors (Lipinski definition) is 4. The van der Waals surface area contributed by atoms with E-state index in [9.17, 15) is 14.7 Å². The van der Waals surface area contributed by atoms with Gasteiger partial charge < -0.3 is 21.1 Å². The van der Waals surface area contributed by atoms with Crippen molar-refractivity contribution in [3.63, 3.8) is 0 Å². The third-order valence-electron chi connectivity index (χ3n) is 6.22. The van der Waals surface area contributed by atoms with Crippen LogP contribution in [-0.2, 0) is 16.6 Å². The second kappa shape index (κ2) is 11.0. The summed E-state index contributed by atoms with van der Waals surface area (Å²) >= 11 is 0. The van der Waals surface area contributed by atoms with E-state index in [4.69, 9.17) is 0 Å². The molecule has 166 valence electrons. The summed E-state index contributed by atoms with van der Waals surface area (Å²) in [7, 11) is 0. The lowest BCUT2D eigenvalue weighted by molar-refractivity contribution is -0.120. The molecule has 3 atom stereocenters. The van der Waals surface area contributed by atoms with Gasteiger partial charge in [0.05, 0.1) is 12.1 Å². The van der Waals surface area contributed by atoms with Crippen LogP contribution < -0.4 is 16.0 Å². The summed E-state index contributed by atoms with van der Waals surface area (Å²) in [5, 5.41) is 19.4. The molecular formula is C25H33N3O3. The van der Waals surface area contributed by atoms with Gasteiger partial charge in [-0.1, -0.05) is 60.7 Å². The monoisotopic (exact) mass is 423 g/mol. The van der Waals surface area contributed by atoms with Crippen LogP contribution in [0, 0.1) is 0 Å². The lowest BCUT2D eigenvalue weighted by Gasteiger charge is -2.34. The number of urea groups is 1. The van der Waals surface area contributed by atoms with E-state index in [-0.39, 0.29) is 23.4 Å². The Balaban J connectivity index is 1.63. The van der Waals surface area contributed by atoms with Crippen molar-refractivity contribution in [3.05, 3.63) is 71.8 Å². The molecule has 0 bridgehead atoms. The fourth-order valence-electron chi connectivity index (χ4n) is 4.44. The normalized spacial score (nSPS) is 23.4. The quantitative estimate of drug-likeness (QED) is 0.516. The van der Waals surface area contributed by atoms with Crippen molar-refractivity contribution in [2.75, 3.05) is 13.1 Å². The van der Waals surface area contributed by atoms with Gasteiger partial charge in [0.25, 0.3) is 0 Å². The summed E-state index contributed by atoms with van der Waals surface area (Å²) in [4.78, 5) is 24.0. The Morgan fingerprint density at radius 1 is 0.968 bits per heavy atom. The topological polar surface area (TPSA) is 90.5 Å². The number of aliphatic hydroxyl groups is 1. The maximum Gasteiger partial charge on any atom is 0.314 e. The summed E-state index contributed by atoms with van der Waals surface area (Å²) in [5.41, 5.74) is 2.05. The van der Waals surface area contributed by atoms with Gasteiger partial charge in [-0.05, 0) is 43.2 Å². The minimum atomic E-state index is -0.589. The van der Waals surface area contributed by atoms with E-state index in [0.717, 1.165) is 24.8 Å². The smallest absolute Gasteiger partial charge is 0.314 e. The molecule has 1 saturated carbocycles. The highest BCUT2D eigenvalue weighted by atomic mass is 16.3. The van der Waals surface area contributed by atoms with Crippen molar-refractivity contribution in [1.29, 1.82) is 0 Å². The summed E-state index contributed by atoms with van der Waals surface area (Å²) < 4.78 is 0. The standard InChI is InChI=1S/C25H33N3O3/c1-19(29)28-22-12-15-25(16-13-23(22)30,21-10-6-3-7-11-21)18-27-24(31)26-17-14-20-8-4-2-5-9-20/h2-11,22-23,30H,12-18H2,1H3,(H,28,29)(H2,26,27,31)/t22-,23-,25-/m0/s1. The molecule has 2 aromatic carbocycles. The zero-order valence-electron chi connectivity index (χ0n) is 18.1. The van der Waals surface area contributed by atoms with E-state index in [2.05, 4.69) is 28.1 Å². The second-order valence-electron chi connectivity index (χ2n) is 8.44. The molecule has 1 aliphatic rings. The highest BCUT2D eigenvalue weighted by molar-refractivity contribution is 5.74. The van der Waals surface area contributed by atoms with Crippen LogP contribution in [0.15, 0.2) is 60.7 Å². The van der Waals surface area contributed by atoms with Crippen LogP contribution in [0.4, 0.5) is 4.79 Å². The largest absolute Gasteiger partial charge is 0.391 e. The zero-order chi connectivity index (χ0) is 22.1. The maximum absolute atomic E-state index is 12.5. The Hall–Kier alpha value is -2.86. The lowest BCUT2D eigenvalue weighted by atomic mass is 9.74. The fraction of sp³-hybridized carbons (Fsp3) is 0.440. The molecule has 1 aliphatic carbocycles. The Labute approximate surface area is 184 Å². The van der Waals surface area contributed by atoms with E-state index < -0.39 is 6.10 Å². The number of benzene rings is 2. The number of carbonyl (C=O) groups is 2. The van der Waals surface area contributed by atoms with Gasteiger partial charge in [-0.25, -0.2) is 4.79 Å². The summed E-state index contributed by atoms with van der Waals surface area (Å²) in [5.74, 6) is -0.132. The van der Waals surface area contributed by atoms with Gasteiger partial charge in [0.1, 0.15) is 0 Å². The van der Waals surface area contributed by atoms with E-state index in [1.165, 1.54) is 12.5 Å². The summed E-state index contributed by atoms with van der Waals surface area (Å²) in [6.07, 6.45) is 2.92. The molecule has 31 heavy (non-hydrogen) atoms. The van der Waals surface area contributed by atoms with Gasteiger partial charge in [0, 0.05) is 25.4 Å². The van der Waals surface area contributed by atoms with Crippen molar-refractivity contribution in [2.24, 2.45) is 0 Å². The van der Waals surface area contributed by atoms with Gasteiger partial charge in [-0.15, -0.1) is 0 Å². The van der Waals surface area contributed by atoms with Crippen LogP contribution in [0.2, 0.25) is 0 Å². The molecule has 6 nitrogen and oxygen atoms in total. The molecule has 0 aliphatic heterocycles. The van der Waals surface area contributed by atoms with Gasteiger partial charge in [0.2, 0.25) is 5.91 Å². The van der Waals surface area contributed by atoms with Crippen LogP contribution in [-0.4, -0.2) is 42.3 Å². The molecule has 0 unspecified atom stereocenters. The van der Waals surface area contributed by atoms with Crippen LogP contribution in [0.5, 0.6) is 0 Å². The van der Waals surface area contributed by atoms with Gasteiger partial charge in [0.15, 0.2) is 0 Å². The van der Waals surface area contributed by atoms with Crippen molar-refractivity contribution >= 4 is 11.9 Å². The predicted octanol–water partition coefficient (Wildman–Crippen LogP) is 2.91. The molecule has 3 amide bonds. The molecule has 6 heteroatoms. The van der Waals surface area contributed by atoms with Crippen LogP contribution >= 0.6 is 0 Å². The molecule has 4 N–H and O–H groups in total. The van der Waals surface area contributed by atoms with E-state index in [1.54, 1.807) is 0 Å². The molecule has 0 heterocycles. The molecule has 0 spiro atoms. The average molecular weight is 424 g/mol. The van der Waals surface area contributed by atoms with E-state index in [0.29, 0.717) is 25.9 Å². The molecule has 2 aromatic rings. The predicted molar refractivity (Wildman–Crippen MR) is 122 cm³/mol. The van der Waals surface area contributed by atoms with Crippen molar-refractivity contribution in [3.8, 4) is 0 Å². The number of rotatable bonds is 7. The van der Waals surface area contributed by atoms with Gasteiger partial charge in [-0.3, -0.25) is 4.79 Å². The number of hydrogen-bond acceptors (Lipinski definition) is 3. The first-order valence-corrected chi connectivity index (χ1v) is 11.0. The number of amides is 3. The molecule has 0 aromatic heterocycles. The van der Waals surface area contributed by atoms with Gasteiger partial charge >= 0.3 is 6.03 Å². The summed E-state index contributed by atoms with van der Waals surface area (Å²) in [6.45, 7) is 2.52. The maximum atomic E-state index is 12.5. The SMILES string of the molecule is CC(=O)N[C@H]1CC[C@](CNC(=O)NCCc2ccccc2)(c2ccccc2)CC[C@@H]1O. The average Bonchev–Trinajstić information content (AvgIpc) is 2.93. The molecule has 1 fully saturated rings. The molecule has 0 saturated heterocycles. The number of carbonyl (C=O) groups excluding carboxylic acids is 2. The third kappa shape index (κ3) is 6.56. The Kier molecular flexibility index (Phi) is 8.06. The first-order valence-electron chi connectivity index (χ1n) is 11.0. The number of nitrogens with one attached hydrogen (secondary N) is 3. The minimum absolute atomic E-state index is 0.132. The van der Waals surface area contributed by atoms with Crippen LogP contribution in [0.3, 0.4) is 0 Å². The number of aliphatic hydroxyl groups excluding tert-OH is 1. The van der Waals surface area contributed by atoms with Crippen molar-refractivity contribution < 1.29 is 14.7 Å². The Bertz CT molecular complexity index is 844. The van der Waals surface area contributed by atoms with Crippen molar-refractivity contribution in [2.45, 2.75) is 56.6 Å². The molecule has 3 rings (SSSR count). The van der Waals surface area contributed by atoms with Crippen LogP contribution in [0.1, 0.15) is 43.7 Å². The van der Waals surface area contributed by atoms with E-state index >= 15 is 0 Å². The lowest BCUT2D eigenvalue weighted by Crippen LogP contribution is -2.45. The second-order valence-corrected chi connectivity index (χ2v) is 8.44. The van der Waals surface area contributed by atoms with Crippen molar-refractivity contribution in [1.82, 2.24) is 16.0 Å². The van der Waals surface area contributed by atoms with Gasteiger partial charge in [-0.2, -0.15) is 0 Å². The summed E-state index contributed by atoms with van der Waals surface area (Å²) in [6, 6.07) is 19.8.